The molecule has 1 aliphatic rings. The topological polar surface area (TPSA) is 55.1 Å². The summed E-state index contributed by atoms with van der Waals surface area (Å²) in [6.45, 7) is 1.79. The minimum Gasteiger partial charge on any atom is -0.399 e. The van der Waals surface area contributed by atoms with Crippen LogP contribution in [-0.2, 0) is 10.3 Å². The molecule has 0 spiro atoms. The summed E-state index contributed by atoms with van der Waals surface area (Å²) in [5.74, 6) is -0.420. The Morgan fingerprint density at radius 3 is 2.71 bits per heavy atom. The molecule has 1 aromatic rings. The predicted octanol–water partition coefficient (Wildman–Crippen LogP) is 1.14. The predicted molar refractivity (Wildman–Crippen MR) is 50.9 cm³/mol. The van der Waals surface area contributed by atoms with Gasteiger partial charge in [0.1, 0.15) is 5.82 Å². The summed E-state index contributed by atoms with van der Waals surface area (Å²) < 4.78 is 13.5. The maximum atomic E-state index is 13.5. The zero-order valence-electron chi connectivity index (χ0n) is 7.80. The van der Waals surface area contributed by atoms with Gasteiger partial charge in [0.2, 0.25) is 5.91 Å². The van der Waals surface area contributed by atoms with Crippen LogP contribution in [0.2, 0.25) is 0 Å². The number of benzene rings is 1. The number of nitrogens with two attached hydrogens (primary N) is 1. The van der Waals surface area contributed by atoms with Gasteiger partial charge in [-0.05, 0) is 19.1 Å². The molecule has 1 atom stereocenters. The summed E-state index contributed by atoms with van der Waals surface area (Å²) in [5.41, 5.74) is 5.75. The van der Waals surface area contributed by atoms with Gasteiger partial charge in [-0.3, -0.25) is 4.79 Å². The van der Waals surface area contributed by atoms with Crippen molar-refractivity contribution in [3.8, 4) is 0 Å². The third-order valence-corrected chi connectivity index (χ3v) is 2.52. The molecule has 3 nitrogen and oxygen atoms in total. The molecule has 0 aliphatic carbocycles. The molecule has 1 saturated heterocycles. The Morgan fingerprint density at radius 1 is 1.57 bits per heavy atom. The van der Waals surface area contributed by atoms with E-state index in [1.165, 1.54) is 6.07 Å². The van der Waals surface area contributed by atoms with Crippen LogP contribution in [0.25, 0.3) is 0 Å². The average Bonchev–Trinajstić information content (AvgIpc) is 2.00. The van der Waals surface area contributed by atoms with Gasteiger partial charge in [0.25, 0.3) is 0 Å². The maximum Gasteiger partial charge on any atom is 0.223 e. The average molecular weight is 194 g/mol. The number of β-lactam (4-membered cyclic amide) rings is 1. The van der Waals surface area contributed by atoms with Gasteiger partial charge in [-0.1, -0.05) is 6.07 Å². The Labute approximate surface area is 81.1 Å². The second kappa shape index (κ2) is 2.70. The van der Waals surface area contributed by atoms with Crippen LogP contribution in [0.3, 0.4) is 0 Å². The highest BCUT2D eigenvalue weighted by molar-refractivity contribution is 5.85. The van der Waals surface area contributed by atoms with Crippen molar-refractivity contribution in [2.24, 2.45) is 0 Å². The molecule has 1 amide bonds. The molecule has 1 fully saturated rings. The molecule has 0 bridgehead atoms. The normalized spacial score (nSPS) is 25.4. The molecule has 1 heterocycles. The lowest BCUT2D eigenvalue weighted by Gasteiger charge is -2.39. The lowest BCUT2D eigenvalue weighted by atomic mass is 9.82. The van der Waals surface area contributed by atoms with Gasteiger partial charge in [0.05, 0.1) is 12.0 Å². The number of amides is 1. The highest BCUT2D eigenvalue weighted by Crippen LogP contribution is 2.33. The molecule has 1 aliphatic heterocycles. The molecule has 0 radical (unpaired) electrons. The van der Waals surface area contributed by atoms with E-state index in [2.05, 4.69) is 5.32 Å². The number of hydrogen-bond acceptors (Lipinski definition) is 2. The lowest BCUT2D eigenvalue weighted by molar-refractivity contribution is -0.132. The van der Waals surface area contributed by atoms with Gasteiger partial charge in [-0.15, -0.1) is 0 Å². The first-order chi connectivity index (χ1) is 6.51. The van der Waals surface area contributed by atoms with E-state index in [0.717, 1.165) is 0 Å². The fourth-order valence-corrected chi connectivity index (χ4v) is 1.75. The Balaban J connectivity index is 2.37. The summed E-state index contributed by atoms with van der Waals surface area (Å²) in [6, 6.07) is 4.52. The highest BCUT2D eigenvalue weighted by atomic mass is 19.1. The standard InChI is InChI=1S/C10H11FN2O/c1-10(5-9(14)13-10)7-3-2-6(12)4-8(7)11/h2-4H,5,12H2,1H3,(H,13,14). The zero-order chi connectivity index (χ0) is 10.3. The summed E-state index contributed by atoms with van der Waals surface area (Å²) in [7, 11) is 0. The van der Waals surface area contributed by atoms with Gasteiger partial charge in [0.15, 0.2) is 0 Å². The molecule has 14 heavy (non-hydrogen) atoms. The van der Waals surface area contributed by atoms with E-state index in [4.69, 9.17) is 5.73 Å². The van der Waals surface area contributed by atoms with Crippen molar-refractivity contribution in [1.82, 2.24) is 5.32 Å². The third-order valence-electron chi connectivity index (χ3n) is 2.52. The minimum atomic E-state index is -0.561. The number of hydrogen-bond donors (Lipinski definition) is 2. The second-order valence-corrected chi connectivity index (χ2v) is 3.80. The van der Waals surface area contributed by atoms with Crippen LogP contribution in [0.1, 0.15) is 18.9 Å². The highest BCUT2D eigenvalue weighted by Gasteiger charge is 2.41. The van der Waals surface area contributed by atoms with E-state index in [-0.39, 0.29) is 11.7 Å². The quantitative estimate of drug-likeness (QED) is 0.520. The zero-order valence-corrected chi connectivity index (χ0v) is 7.80. The smallest absolute Gasteiger partial charge is 0.223 e. The third kappa shape index (κ3) is 1.23. The molecule has 4 heteroatoms. The van der Waals surface area contributed by atoms with Crippen LogP contribution in [0.4, 0.5) is 10.1 Å². The van der Waals surface area contributed by atoms with Crippen molar-refractivity contribution < 1.29 is 9.18 Å². The molecule has 0 aromatic heterocycles. The summed E-state index contributed by atoms with van der Waals surface area (Å²) in [4.78, 5) is 10.8. The van der Waals surface area contributed by atoms with E-state index in [9.17, 15) is 9.18 Å². The van der Waals surface area contributed by atoms with Crippen LogP contribution < -0.4 is 11.1 Å². The largest absolute Gasteiger partial charge is 0.399 e. The van der Waals surface area contributed by atoms with Crippen molar-refractivity contribution in [3.63, 3.8) is 0 Å². The molecule has 1 unspecified atom stereocenters. The Bertz CT molecular complexity index is 395. The first-order valence-electron chi connectivity index (χ1n) is 4.38. The van der Waals surface area contributed by atoms with Crippen molar-refractivity contribution in [1.29, 1.82) is 0 Å². The molecule has 1 aromatic carbocycles. The van der Waals surface area contributed by atoms with Gasteiger partial charge < -0.3 is 11.1 Å². The number of carbonyl (C=O) groups excluding carboxylic acids is 1. The van der Waals surface area contributed by atoms with E-state index < -0.39 is 5.54 Å². The molecule has 2 rings (SSSR count). The first-order valence-corrected chi connectivity index (χ1v) is 4.38. The summed E-state index contributed by atoms with van der Waals surface area (Å²) >= 11 is 0. The van der Waals surface area contributed by atoms with Gasteiger partial charge >= 0.3 is 0 Å². The van der Waals surface area contributed by atoms with E-state index >= 15 is 0 Å². The molecule has 74 valence electrons. The van der Waals surface area contributed by atoms with E-state index in [1.807, 2.05) is 0 Å². The van der Waals surface area contributed by atoms with Crippen LogP contribution in [0.15, 0.2) is 18.2 Å². The number of nitrogens with one attached hydrogen (secondary N) is 1. The molecular formula is C10H11FN2O. The van der Waals surface area contributed by atoms with Gasteiger partial charge in [-0.25, -0.2) is 4.39 Å². The number of carbonyl (C=O) groups is 1. The van der Waals surface area contributed by atoms with Crippen molar-refractivity contribution in [2.45, 2.75) is 18.9 Å². The van der Waals surface area contributed by atoms with Crippen molar-refractivity contribution in [2.75, 3.05) is 5.73 Å². The van der Waals surface area contributed by atoms with Crippen LogP contribution in [0, 0.1) is 5.82 Å². The van der Waals surface area contributed by atoms with E-state index in [0.29, 0.717) is 17.7 Å². The van der Waals surface area contributed by atoms with E-state index in [1.54, 1.807) is 19.1 Å². The molecular weight excluding hydrogens is 183 g/mol. The molecule has 3 N–H and O–H groups in total. The lowest BCUT2D eigenvalue weighted by Crippen LogP contribution is -2.56. The van der Waals surface area contributed by atoms with Crippen LogP contribution in [0.5, 0.6) is 0 Å². The monoisotopic (exact) mass is 194 g/mol. The summed E-state index contributed by atoms with van der Waals surface area (Å²) in [5, 5.41) is 2.68. The van der Waals surface area contributed by atoms with Crippen LogP contribution in [-0.4, -0.2) is 5.91 Å². The van der Waals surface area contributed by atoms with Gasteiger partial charge in [0, 0.05) is 11.3 Å². The number of anilines is 1. The van der Waals surface area contributed by atoms with Crippen LogP contribution >= 0.6 is 0 Å². The number of rotatable bonds is 1. The number of nitrogen functional groups attached to an aromatic ring is 1. The fraction of sp³-hybridized carbons (Fsp3) is 0.300. The second-order valence-electron chi connectivity index (χ2n) is 3.80. The minimum absolute atomic E-state index is 0.0521. The number of halogens is 1. The maximum absolute atomic E-state index is 13.5. The van der Waals surface area contributed by atoms with Gasteiger partial charge in [-0.2, -0.15) is 0 Å². The van der Waals surface area contributed by atoms with Crippen molar-refractivity contribution in [3.05, 3.63) is 29.6 Å². The Kier molecular flexibility index (Phi) is 1.74. The van der Waals surface area contributed by atoms with Crippen molar-refractivity contribution >= 4 is 11.6 Å². The first kappa shape index (κ1) is 8.99. The SMILES string of the molecule is CC1(c2ccc(N)cc2F)CC(=O)N1. The fourth-order valence-electron chi connectivity index (χ4n) is 1.75. The summed E-state index contributed by atoms with van der Waals surface area (Å²) in [6.07, 6.45) is 0.327. The Morgan fingerprint density at radius 2 is 2.21 bits per heavy atom. The Hall–Kier alpha value is -1.58. The molecule has 0 saturated carbocycles.